The number of benzene rings is 2. The summed E-state index contributed by atoms with van der Waals surface area (Å²) in [6.07, 6.45) is 1.98. The van der Waals surface area contributed by atoms with Gasteiger partial charge in [0, 0.05) is 11.5 Å². The minimum Gasteiger partial charge on any atom is -0.267 e. The lowest BCUT2D eigenvalue weighted by atomic mass is 9.94. The van der Waals surface area contributed by atoms with E-state index in [0.717, 1.165) is 5.56 Å². The number of carbonyl (C=O) groups is 1. The number of carbonyl (C=O) groups excluding carboxylic acids is 1. The highest BCUT2D eigenvalue weighted by molar-refractivity contribution is 6.30. The van der Waals surface area contributed by atoms with Gasteiger partial charge in [0.1, 0.15) is 5.71 Å². The van der Waals surface area contributed by atoms with E-state index in [9.17, 15) is 4.79 Å². The Hall–Kier alpha value is -2.68. The summed E-state index contributed by atoms with van der Waals surface area (Å²) in [4.78, 5) is 12.0. The molecule has 0 bridgehead atoms. The molecule has 0 spiro atoms. The molecule has 0 saturated carbocycles. The van der Waals surface area contributed by atoms with Gasteiger partial charge in [0.05, 0.1) is 5.57 Å². The van der Waals surface area contributed by atoms with Crippen molar-refractivity contribution in [2.45, 2.75) is 12.8 Å². The molecule has 2 aromatic rings. The van der Waals surface area contributed by atoms with E-state index in [1.807, 2.05) is 54.6 Å². The van der Waals surface area contributed by atoms with Gasteiger partial charge in [-0.25, -0.2) is 5.43 Å². The number of allylic oxidation sites excluding steroid dienone is 1. The van der Waals surface area contributed by atoms with E-state index in [0.29, 0.717) is 11.3 Å². The lowest BCUT2D eigenvalue weighted by Crippen LogP contribution is -2.14. The van der Waals surface area contributed by atoms with Crippen molar-refractivity contribution in [1.29, 1.82) is 0 Å². The molecule has 0 radical (unpaired) electrons. The fraction of sp³-hybridized carbons (Fsp3) is 0.111. The topological polar surface area (TPSA) is 41.5 Å². The quantitative estimate of drug-likeness (QED) is 0.859. The first-order valence-corrected chi connectivity index (χ1v) is 6.96. The van der Waals surface area contributed by atoms with Crippen molar-refractivity contribution in [3.05, 3.63) is 83.4 Å². The summed E-state index contributed by atoms with van der Waals surface area (Å²) in [7, 11) is 0. The molecule has 21 heavy (non-hydrogen) atoms. The van der Waals surface area contributed by atoms with Crippen LogP contribution >= 0.6 is 0 Å². The van der Waals surface area contributed by atoms with E-state index in [4.69, 9.17) is 0 Å². The predicted molar refractivity (Wildman–Crippen MR) is 84.1 cm³/mol. The van der Waals surface area contributed by atoms with Crippen molar-refractivity contribution in [3.63, 3.8) is 0 Å². The molecular weight excluding hydrogens is 260 g/mol. The zero-order chi connectivity index (χ0) is 14.7. The van der Waals surface area contributed by atoms with Crippen LogP contribution in [-0.4, -0.2) is 11.6 Å². The average Bonchev–Trinajstić information content (AvgIpc) is 2.90. The van der Waals surface area contributed by atoms with Crippen LogP contribution < -0.4 is 5.43 Å². The van der Waals surface area contributed by atoms with Crippen molar-refractivity contribution in [2.75, 3.05) is 0 Å². The standard InChI is InChI=1S/C18H16N2O/c1-13(14-8-4-2-5-9-14)12-16-17(19-20-18(16)21)15-10-6-3-7-11-15/h2-13H,1H3,(H,20,21). The summed E-state index contributed by atoms with van der Waals surface area (Å²) >= 11 is 0. The van der Waals surface area contributed by atoms with E-state index < -0.39 is 0 Å². The highest BCUT2D eigenvalue weighted by atomic mass is 16.2. The maximum absolute atomic E-state index is 12.0. The Labute approximate surface area is 124 Å². The minimum absolute atomic E-state index is 0.142. The first kappa shape index (κ1) is 13.3. The van der Waals surface area contributed by atoms with E-state index in [1.54, 1.807) is 0 Å². The smallest absolute Gasteiger partial charge is 0.267 e. The number of rotatable bonds is 3. The van der Waals surface area contributed by atoms with E-state index in [2.05, 4.69) is 29.6 Å². The number of hydrogen-bond donors (Lipinski definition) is 1. The van der Waals surface area contributed by atoms with Crippen molar-refractivity contribution in [3.8, 4) is 0 Å². The lowest BCUT2D eigenvalue weighted by molar-refractivity contribution is -0.116. The Morgan fingerprint density at radius 2 is 1.62 bits per heavy atom. The van der Waals surface area contributed by atoms with Crippen LogP contribution in [0.3, 0.4) is 0 Å². The van der Waals surface area contributed by atoms with Crippen molar-refractivity contribution < 1.29 is 4.79 Å². The van der Waals surface area contributed by atoms with Crippen LogP contribution in [0.4, 0.5) is 0 Å². The van der Waals surface area contributed by atoms with Gasteiger partial charge in [-0.05, 0) is 5.56 Å². The van der Waals surface area contributed by atoms with Crippen LogP contribution in [0.1, 0.15) is 24.0 Å². The van der Waals surface area contributed by atoms with E-state index in [-0.39, 0.29) is 11.8 Å². The number of hydrazone groups is 1. The fourth-order valence-corrected chi connectivity index (χ4v) is 2.41. The van der Waals surface area contributed by atoms with Gasteiger partial charge in [0.15, 0.2) is 0 Å². The summed E-state index contributed by atoms with van der Waals surface area (Å²) in [5.41, 5.74) is 6.03. The molecule has 1 aliphatic heterocycles. The zero-order valence-corrected chi connectivity index (χ0v) is 11.8. The van der Waals surface area contributed by atoms with Crippen LogP contribution in [0.2, 0.25) is 0 Å². The SMILES string of the molecule is CC(C=C1C(=O)NN=C1c1ccccc1)c1ccccc1. The molecule has 104 valence electrons. The first-order chi connectivity index (χ1) is 10.3. The van der Waals surface area contributed by atoms with Gasteiger partial charge in [-0.3, -0.25) is 4.79 Å². The predicted octanol–water partition coefficient (Wildman–Crippen LogP) is 3.25. The summed E-state index contributed by atoms with van der Waals surface area (Å²) in [5, 5.41) is 4.16. The maximum atomic E-state index is 12.0. The Morgan fingerprint density at radius 1 is 1.00 bits per heavy atom. The molecule has 1 amide bonds. The molecule has 2 aromatic carbocycles. The highest BCUT2D eigenvalue weighted by Gasteiger charge is 2.24. The Morgan fingerprint density at radius 3 is 2.29 bits per heavy atom. The summed E-state index contributed by atoms with van der Waals surface area (Å²) in [6.45, 7) is 2.08. The molecule has 0 aliphatic carbocycles. The zero-order valence-electron chi connectivity index (χ0n) is 11.8. The second-order valence-corrected chi connectivity index (χ2v) is 5.05. The molecular formula is C18H16N2O. The maximum Gasteiger partial charge on any atom is 0.273 e. The largest absolute Gasteiger partial charge is 0.273 e. The van der Waals surface area contributed by atoms with Crippen LogP contribution in [0, 0.1) is 0 Å². The summed E-state index contributed by atoms with van der Waals surface area (Å²) < 4.78 is 0. The second kappa shape index (κ2) is 5.75. The minimum atomic E-state index is -0.142. The van der Waals surface area contributed by atoms with Gasteiger partial charge in [-0.15, -0.1) is 0 Å². The lowest BCUT2D eigenvalue weighted by Gasteiger charge is -2.08. The number of amides is 1. The van der Waals surface area contributed by atoms with Gasteiger partial charge in [0.25, 0.3) is 5.91 Å². The number of nitrogens with zero attached hydrogens (tertiary/aromatic N) is 1. The van der Waals surface area contributed by atoms with Crippen LogP contribution in [0.5, 0.6) is 0 Å². The first-order valence-electron chi connectivity index (χ1n) is 6.96. The van der Waals surface area contributed by atoms with Gasteiger partial charge in [0.2, 0.25) is 0 Å². The molecule has 3 heteroatoms. The Kier molecular flexibility index (Phi) is 3.65. The van der Waals surface area contributed by atoms with Crippen LogP contribution in [0.15, 0.2) is 77.4 Å². The molecule has 1 unspecified atom stereocenters. The third-order valence-electron chi connectivity index (χ3n) is 3.56. The van der Waals surface area contributed by atoms with Crippen molar-refractivity contribution in [2.24, 2.45) is 5.10 Å². The normalized spacial score (nSPS) is 17.5. The molecule has 3 rings (SSSR count). The average molecular weight is 276 g/mol. The van der Waals surface area contributed by atoms with Gasteiger partial charge in [-0.1, -0.05) is 73.7 Å². The van der Waals surface area contributed by atoms with Crippen molar-refractivity contribution in [1.82, 2.24) is 5.43 Å². The molecule has 1 heterocycles. The fourth-order valence-electron chi connectivity index (χ4n) is 2.41. The van der Waals surface area contributed by atoms with E-state index >= 15 is 0 Å². The van der Waals surface area contributed by atoms with Gasteiger partial charge >= 0.3 is 0 Å². The molecule has 0 aromatic heterocycles. The molecule has 3 nitrogen and oxygen atoms in total. The monoisotopic (exact) mass is 276 g/mol. The van der Waals surface area contributed by atoms with E-state index in [1.165, 1.54) is 5.56 Å². The van der Waals surface area contributed by atoms with Gasteiger partial charge < -0.3 is 0 Å². The van der Waals surface area contributed by atoms with Crippen molar-refractivity contribution >= 4 is 11.6 Å². The third-order valence-corrected chi connectivity index (χ3v) is 3.56. The molecule has 1 aliphatic rings. The third kappa shape index (κ3) is 2.77. The van der Waals surface area contributed by atoms with Crippen LogP contribution in [0.25, 0.3) is 0 Å². The molecule has 0 fully saturated rings. The summed E-state index contributed by atoms with van der Waals surface area (Å²) in [6, 6.07) is 19.9. The van der Waals surface area contributed by atoms with Crippen LogP contribution in [-0.2, 0) is 4.79 Å². The van der Waals surface area contributed by atoms with Gasteiger partial charge in [-0.2, -0.15) is 5.10 Å². The highest BCUT2D eigenvalue weighted by Crippen LogP contribution is 2.22. The molecule has 0 saturated heterocycles. The Bertz CT molecular complexity index is 703. The number of hydrogen-bond acceptors (Lipinski definition) is 2. The molecule has 1 atom stereocenters. The Balaban J connectivity index is 1.94. The molecule has 1 N–H and O–H groups in total. The summed E-state index contributed by atoms with van der Waals surface area (Å²) in [5.74, 6) is 0.00981. The number of nitrogens with one attached hydrogen (secondary N) is 1. The second-order valence-electron chi connectivity index (χ2n) is 5.05.